The van der Waals surface area contributed by atoms with Gasteiger partial charge in [-0.15, -0.1) is 10.2 Å². The molecule has 2 rings (SSSR count). The maximum absolute atomic E-state index is 5.70. The van der Waals surface area contributed by atoms with E-state index in [-0.39, 0.29) is 0 Å². The highest BCUT2D eigenvalue weighted by Crippen LogP contribution is 2.20. The zero-order chi connectivity index (χ0) is 13.7. The standard InChI is InChI=1S/C14H19N3O2/c1-10-5-6-11(2)12(8-10)18-9-14-17-16-13(19-14)4-3-7-15/h5-6,8H,3-4,7,9,15H2,1-2H3. The molecule has 0 saturated heterocycles. The Bertz CT molecular complexity index is 537. The molecule has 0 radical (unpaired) electrons. The van der Waals surface area contributed by atoms with Gasteiger partial charge in [0.2, 0.25) is 5.89 Å². The monoisotopic (exact) mass is 261 g/mol. The molecule has 1 heterocycles. The fourth-order valence-corrected chi connectivity index (χ4v) is 1.70. The first-order chi connectivity index (χ1) is 9.19. The molecular weight excluding hydrogens is 242 g/mol. The van der Waals surface area contributed by atoms with Crippen LogP contribution in [0, 0.1) is 13.8 Å². The molecule has 1 aromatic carbocycles. The maximum atomic E-state index is 5.70. The molecule has 2 aromatic rings. The van der Waals surface area contributed by atoms with E-state index < -0.39 is 0 Å². The Labute approximate surface area is 112 Å². The minimum atomic E-state index is 0.292. The van der Waals surface area contributed by atoms with Crippen molar-refractivity contribution in [1.82, 2.24) is 10.2 Å². The van der Waals surface area contributed by atoms with Crippen LogP contribution in [0.5, 0.6) is 5.75 Å². The average molecular weight is 261 g/mol. The quantitative estimate of drug-likeness (QED) is 0.862. The molecule has 19 heavy (non-hydrogen) atoms. The molecule has 2 N–H and O–H groups in total. The Hall–Kier alpha value is -1.88. The fraction of sp³-hybridized carbons (Fsp3) is 0.429. The minimum Gasteiger partial charge on any atom is -0.484 e. The lowest BCUT2D eigenvalue weighted by Gasteiger charge is -2.07. The number of aromatic nitrogens is 2. The average Bonchev–Trinajstić information content (AvgIpc) is 2.85. The number of rotatable bonds is 6. The summed E-state index contributed by atoms with van der Waals surface area (Å²) >= 11 is 0. The van der Waals surface area contributed by atoms with E-state index in [2.05, 4.69) is 16.3 Å². The van der Waals surface area contributed by atoms with Gasteiger partial charge in [0.25, 0.3) is 5.89 Å². The molecule has 0 atom stereocenters. The summed E-state index contributed by atoms with van der Waals surface area (Å²) in [5, 5.41) is 7.91. The molecular formula is C14H19N3O2. The number of nitrogens with two attached hydrogens (primary N) is 1. The van der Waals surface area contributed by atoms with E-state index in [9.17, 15) is 0 Å². The summed E-state index contributed by atoms with van der Waals surface area (Å²) in [7, 11) is 0. The normalized spacial score (nSPS) is 10.7. The summed E-state index contributed by atoms with van der Waals surface area (Å²) in [6, 6.07) is 6.09. The van der Waals surface area contributed by atoms with Crippen molar-refractivity contribution < 1.29 is 9.15 Å². The van der Waals surface area contributed by atoms with Crippen LogP contribution in [0.25, 0.3) is 0 Å². The van der Waals surface area contributed by atoms with E-state index in [0.29, 0.717) is 31.4 Å². The second-order valence-corrected chi connectivity index (χ2v) is 4.54. The Kier molecular flexibility index (Phi) is 4.52. The zero-order valence-corrected chi connectivity index (χ0v) is 11.3. The minimum absolute atomic E-state index is 0.292. The third kappa shape index (κ3) is 3.79. The van der Waals surface area contributed by atoms with Gasteiger partial charge in [-0.1, -0.05) is 12.1 Å². The van der Waals surface area contributed by atoms with Gasteiger partial charge in [0.15, 0.2) is 6.61 Å². The molecule has 5 nitrogen and oxygen atoms in total. The third-order valence-corrected chi connectivity index (χ3v) is 2.80. The van der Waals surface area contributed by atoms with Crippen molar-refractivity contribution in [3.63, 3.8) is 0 Å². The molecule has 0 spiro atoms. The second kappa shape index (κ2) is 6.33. The van der Waals surface area contributed by atoms with Gasteiger partial charge < -0.3 is 14.9 Å². The summed E-state index contributed by atoms with van der Waals surface area (Å²) in [4.78, 5) is 0. The summed E-state index contributed by atoms with van der Waals surface area (Å²) < 4.78 is 11.2. The van der Waals surface area contributed by atoms with E-state index in [0.717, 1.165) is 23.3 Å². The Morgan fingerprint density at radius 2 is 2.00 bits per heavy atom. The Balaban J connectivity index is 1.94. The van der Waals surface area contributed by atoms with Crippen LogP contribution < -0.4 is 10.5 Å². The lowest BCUT2D eigenvalue weighted by Crippen LogP contribution is -2.00. The molecule has 0 amide bonds. The first kappa shape index (κ1) is 13.5. The highest BCUT2D eigenvalue weighted by atomic mass is 16.5. The molecule has 5 heteroatoms. The van der Waals surface area contributed by atoms with Crippen molar-refractivity contribution in [1.29, 1.82) is 0 Å². The number of aryl methyl sites for hydroxylation is 3. The van der Waals surface area contributed by atoms with Gasteiger partial charge in [-0.05, 0) is 44.0 Å². The van der Waals surface area contributed by atoms with E-state index in [1.165, 1.54) is 0 Å². The first-order valence-electron chi connectivity index (χ1n) is 6.40. The van der Waals surface area contributed by atoms with Crippen molar-refractivity contribution in [3.05, 3.63) is 41.1 Å². The molecule has 0 bridgehead atoms. The van der Waals surface area contributed by atoms with Crippen LogP contribution >= 0.6 is 0 Å². The van der Waals surface area contributed by atoms with Gasteiger partial charge >= 0.3 is 0 Å². The summed E-state index contributed by atoms with van der Waals surface area (Å²) in [5.74, 6) is 1.96. The van der Waals surface area contributed by atoms with Gasteiger partial charge in [-0.3, -0.25) is 0 Å². The van der Waals surface area contributed by atoms with Gasteiger partial charge in [-0.25, -0.2) is 0 Å². The maximum Gasteiger partial charge on any atom is 0.253 e. The van der Waals surface area contributed by atoms with Gasteiger partial charge in [0.1, 0.15) is 5.75 Å². The summed E-state index contributed by atoms with van der Waals surface area (Å²) in [5.41, 5.74) is 7.69. The topological polar surface area (TPSA) is 74.2 Å². The molecule has 1 aromatic heterocycles. The van der Waals surface area contributed by atoms with E-state index in [1.807, 2.05) is 26.0 Å². The number of nitrogens with zero attached hydrogens (tertiary/aromatic N) is 2. The second-order valence-electron chi connectivity index (χ2n) is 4.54. The molecule has 0 unspecified atom stereocenters. The number of hydrogen-bond donors (Lipinski definition) is 1. The molecule has 0 aliphatic heterocycles. The van der Waals surface area contributed by atoms with Crippen molar-refractivity contribution in [2.45, 2.75) is 33.3 Å². The van der Waals surface area contributed by atoms with Crippen LogP contribution in [-0.2, 0) is 13.0 Å². The lowest BCUT2D eigenvalue weighted by molar-refractivity contribution is 0.257. The van der Waals surface area contributed by atoms with Crippen molar-refractivity contribution >= 4 is 0 Å². The molecule has 0 saturated carbocycles. The van der Waals surface area contributed by atoms with E-state index in [1.54, 1.807) is 0 Å². The zero-order valence-electron chi connectivity index (χ0n) is 11.3. The van der Waals surface area contributed by atoms with Crippen LogP contribution in [0.2, 0.25) is 0 Å². The summed E-state index contributed by atoms with van der Waals surface area (Å²) in [6.45, 7) is 4.95. The van der Waals surface area contributed by atoms with Crippen molar-refractivity contribution in [2.75, 3.05) is 6.54 Å². The highest BCUT2D eigenvalue weighted by molar-refractivity contribution is 5.35. The Morgan fingerprint density at radius 1 is 1.21 bits per heavy atom. The molecule has 102 valence electrons. The largest absolute Gasteiger partial charge is 0.484 e. The molecule has 0 fully saturated rings. The number of ether oxygens (including phenoxy) is 1. The van der Waals surface area contributed by atoms with E-state index >= 15 is 0 Å². The molecule has 0 aliphatic carbocycles. The predicted octanol–water partition coefficient (Wildman–Crippen LogP) is 2.16. The predicted molar refractivity (Wildman–Crippen MR) is 71.9 cm³/mol. The fourth-order valence-electron chi connectivity index (χ4n) is 1.70. The van der Waals surface area contributed by atoms with Crippen LogP contribution in [0.1, 0.15) is 29.3 Å². The van der Waals surface area contributed by atoms with Gasteiger partial charge in [-0.2, -0.15) is 0 Å². The Morgan fingerprint density at radius 3 is 2.79 bits per heavy atom. The van der Waals surface area contributed by atoms with Crippen LogP contribution in [-0.4, -0.2) is 16.7 Å². The van der Waals surface area contributed by atoms with Crippen LogP contribution in [0.4, 0.5) is 0 Å². The first-order valence-corrected chi connectivity index (χ1v) is 6.40. The number of hydrogen-bond acceptors (Lipinski definition) is 5. The molecule has 0 aliphatic rings. The smallest absolute Gasteiger partial charge is 0.253 e. The van der Waals surface area contributed by atoms with Crippen LogP contribution in [0.15, 0.2) is 22.6 Å². The van der Waals surface area contributed by atoms with Gasteiger partial charge in [0.05, 0.1) is 0 Å². The third-order valence-electron chi connectivity index (χ3n) is 2.80. The van der Waals surface area contributed by atoms with Crippen molar-refractivity contribution in [2.24, 2.45) is 5.73 Å². The highest BCUT2D eigenvalue weighted by Gasteiger charge is 2.07. The van der Waals surface area contributed by atoms with E-state index in [4.69, 9.17) is 14.9 Å². The number of benzene rings is 1. The van der Waals surface area contributed by atoms with Gasteiger partial charge in [0, 0.05) is 6.42 Å². The summed E-state index contributed by atoms with van der Waals surface area (Å²) in [6.07, 6.45) is 1.56. The SMILES string of the molecule is Cc1ccc(C)c(OCc2nnc(CCCN)o2)c1. The van der Waals surface area contributed by atoms with Crippen molar-refractivity contribution in [3.8, 4) is 5.75 Å². The van der Waals surface area contributed by atoms with Crippen LogP contribution in [0.3, 0.4) is 0 Å². The lowest BCUT2D eigenvalue weighted by atomic mass is 10.1.